The van der Waals surface area contributed by atoms with Crippen molar-refractivity contribution in [2.45, 2.75) is 37.3 Å². The first kappa shape index (κ1) is 13.1. The number of nitrogens with one attached hydrogen (secondary N) is 1. The van der Waals surface area contributed by atoms with Crippen LogP contribution in [0.5, 0.6) is 0 Å². The zero-order valence-corrected chi connectivity index (χ0v) is 12.4. The minimum absolute atomic E-state index is 0.268. The number of hydrogen-bond donors (Lipinski definition) is 1. The number of rotatable bonds is 3. The predicted molar refractivity (Wildman–Crippen MR) is 76.7 cm³/mol. The lowest BCUT2D eigenvalue weighted by Crippen LogP contribution is -2.43. The van der Waals surface area contributed by atoms with Crippen LogP contribution in [0.25, 0.3) is 0 Å². The summed E-state index contributed by atoms with van der Waals surface area (Å²) in [6.45, 7) is 1.62. The van der Waals surface area contributed by atoms with Crippen molar-refractivity contribution >= 4 is 15.9 Å². The largest absolute Gasteiger partial charge is 0.377 e. The van der Waals surface area contributed by atoms with Gasteiger partial charge in [-0.1, -0.05) is 22.0 Å². The average Bonchev–Trinajstić information content (AvgIpc) is 3.04. The van der Waals surface area contributed by atoms with Crippen molar-refractivity contribution in [2.24, 2.45) is 0 Å². The summed E-state index contributed by atoms with van der Waals surface area (Å²) in [4.78, 5) is 0. The highest BCUT2D eigenvalue weighted by molar-refractivity contribution is 9.10. The van der Waals surface area contributed by atoms with Crippen molar-refractivity contribution in [3.63, 3.8) is 0 Å². The molecule has 4 heteroatoms. The van der Waals surface area contributed by atoms with E-state index in [9.17, 15) is 5.26 Å². The van der Waals surface area contributed by atoms with Crippen molar-refractivity contribution in [2.75, 3.05) is 13.2 Å². The average molecular weight is 321 g/mol. The minimum Gasteiger partial charge on any atom is -0.377 e. The van der Waals surface area contributed by atoms with Gasteiger partial charge in [-0.25, -0.2) is 0 Å². The highest BCUT2D eigenvalue weighted by Gasteiger charge is 2.39. The number of hydrogen-bond acceptors (Lipinski definition) is 3. The lowest BCUT2D eigenvalue weighted by Gasteiger charge is -2.25. The quantitative estimate of drug-likeness (QED) is 0.931. The van der Waals surface area contributed by atoms with Crippen LogP contribution in [-0.2, 0) is 16.7 Å². The van der Waals surface area contributed by atoms with E-state index >= 15 is 0 Å². The van der Waals surface area contributed by atoms with Crippen LogP contribution >= 0.6 is 15.9 Å². The number of nitriles is 1. The van der Waals surface area contributed by atoms with Gasteiger partial charge in [-0.15, -0.1) is 0 Å². The first-order valence-corrected chi connectivity index (χ1v) is 7.60. The molecule has 1 aliphatic heterocycles. The molecule has 1 aromatic rings. The second kappa shape index (κ2) is 5.24. The van der Waals surface area contributed by atoms with E-state index in [-0.39, 0.29) is 6.10 Å². The Balaban J connectivity index is 1.80. The summed E-state index contributed by atoms with van der Waals surface area (Å²) in [6.07, 6.45) is 4.31. The van der Waals surface area contributed by atoms with Gasteiger partial charge < -0.3 is 4.74 Å². The maximum Gasteiger partial charge on any atom is 0.132 e. The van der Waals surface area contributed by atoms with Gasteiger partial charge in [0.2, 0.25) is 0 Å². The summed E-state index contributed by atoms with van der Waals surface area (Å²) < 4.78 is 6.71. The Morgan fingerprint density at radius 1 is 1.53 bits per heavy atom. The SMILES string of the molecule is N#CC1(NCC2CCCO2)CCc2cc(Br)ccc21. The Morgan fingerprint density at radius 3 is 3.16 bits per heavy atom. The first-order chi connectivity index (χ1) is 9.23. The summed E-state index contributed by atoms with van der Waals surface area (Å²) in [6, 6.07) is 8.71. The molecule has 1 aliphatic carbocycles. The molecule has 100 valence electrons. The van der Waals surface area contributed by atoms with Gasteiger partial charge in [0, 0.05) is 17.6 Å². The molecule has 2 aliphatic rings. The second-order valence-electron chi connectivity index (χ2n) is 5.33. The summed E-state index contributed by atoms with van der Waals surface area (Å²) in [5, 5.41) is 13.1. The van der Waals surface area contributed by atoms with Crippen molar-refractivity contribution in [1.82, 2.24) is 5.32 Å². The lowest BCUT2D eigenvalue weighted by molar-refractivity contribution is 0.104. The van der Waals surface area contributed by atoms with E-state index in [2.05, 4.69) is 39.4 Å². The summed E-state index contributed by atoms with van der Waals surface area (Å²) in [5.41, 5.74) is 1.88. The normalized spacial score (nSPS) is 29.2. The van der Waals surface area contributed by atoms with Crippen LogP contribution in [0.1, 0.15) is 30.4 Å². The molecular formula is C15H17BrN2O. The van der Waals surface area contributed by atoms with E-state index in [0.717, 1.165) is 48.9 Å². The molecule has 2 atom stereocenters. The molecule has 0 radical (unpaired) electrons. The molecule has 3 nitrogen and oxygen atoms in total. The molecule has 3 rings (SSSR count). The fourth-order valence-electron chi connectivity index (χ4n) is 3.07. The van der Waals surface area contributed by atoms with Crippen LogP contribution in [-0.4, -0.2) is 19.3 Å². The van der Waals surface area contributed by atoms with Gasteiger partial charge in [0.15, 0.2) is 0 Å². The Labute approximate surface area is 122 Å². The van der Waals surface area contributed by atoms with Crippen molar-refractivity contribution in [1.29, 1.82) is 5.26 Å². The maximum atomic E-state index is 9.64. The highest BCUT2D eigenvalue weighted by Crippen LogP contribution is 2.37. The summed E-state index contributed by atoms with van der Waals surface area (Å²) in [5.74, 6) is 0. The molecule has 0 spiro atoms. The molecule has 1 fully saturated rings. The highest BCUT2D eigenvalue weighted by atomic mass is 79.9. The molecule has 0 saturated carbocycles. The summed E-state index contributed by atoms with van der Waals surface area (Å²) >= 11 is 3.49. The molecule has 0 bridgehead atoms. The van der Waals surface area contributed by atoms with Crippen LogP contribution in [0.15, 0.2) is 22.7 Å². The third-order valence-electron chi connectivity index (χ3n) is 4.14. The van der Waals surface area contributed by atoms with E-state index in [0.29, 0.717) is 0 Å². The maximum absolute atomic E-state index is 9.64. The van der Waals surface area contributed by atoms with Crippen LogP contribution in [0.3, 0.4) is 0 Å². The van der Waals surface area contributed by atoms with Gasteiger partial charge in [0.1, 0.15) is 5.54 Å². The van der Waals surface area contributed by atoms with Gasteiger partial charge in [-0.2, -0.15) is 5.26 Å². The van der Waals surface area contributed by atoms with E-state index in [1.54, 1.807) is 0 Å². The smallest absolute Gasteiger partial charge is 0.132 e. The van der Waals surface area contributed by atoms with E-state index in [4.69, 9.17) is 4.74 Å². The van der Waals surface area contributed by atoms with Crippen LogP contribution in [0.4, 0.5) is 0 Å². The van der Waals surface area contributed by atoms with E-state index in [1.165, 1.54) is 5.56 Å². The van der Waals surface area contributed by atoms with Crippen molar-refractivity contribution < 1.29 is 4.74 Å². The topological polar surface area (TPSA) is 45.0 Å². The predicted octanol–water partition coefficient (Wildman–Crippen LogP) is 2.88. The standard InChI is InChI=1S/C15H17BrN2O/c16-12-3-4-14-11(8-12)5-6-15(14,10-17)18-9-13-2-1-7-19-13/h3-4,8,13,18H,1-2,5-7,9H2. The Morgan fingerprint density at radius 2 is 2.42 bits per heavy atom. The number of halogens is 1. The molecule has 0 amide bonds. The Kier molecular flexibility index (Phi) is 3.62. The van der Waals surface area contributed by atoms with E-state index < -0.39 is 5.54 Å². The van der Waals surface area contributed by atoms with Crippen LogP contribution < -0.4 is 5.32 Å². The Bertz CT molecular complexity index is 519. The molecule has 1 heterocycles. The Hall–Kier alpha value is -0.890. The first-order valence-electron chi connectivity index (χ1n) is 6.80. The zero-order valence-electron chi connectivity index (χ0n) is 10.8. The number of ether oxygens (including phenoxy) is 1. The van der Waals surface area contributed by atoms with Gasteiger partial charge >= 0.3 is 0 Å². The second-order valence-corrected chi connectivity index (χ2v) is 6.25. The zero-order chi connectivity index (χ0) is 13.3. The molecule has 19 heavy (non-hydrogen) atoms. The number of nitrogens with zero attached hydrogens (tertiary/aromatic N) is 1. The summed E-state index contributed by atoms with van der Waals surface area (Å²) in [7, 11) is 0. The molecule has 1 aromatic carbocycles. The van der Waals surface area contributed by atoms with Crippen LogP contribution in [0, 0.1) is 11.3 Å². The molecule has 0 aromatic heterocycles. The molecule has 1 saturated heterocycles. The van der Waals surface area contributed by atoms with Crippen molar-refractivity contribution in [3.8, 4) is 6.07 Å². The fourth-order valence-corrected chi connectivity index (χ4v) is 3.48. The molecular weight excluding hydrogens is 304 g/mol. The third kappa shape index (κ3) is 2.43. The van der Waals surface area contributed by atoms with E-state index in [1.807, 2.05) is 6.07 Å². The lowest BCUT2D eigenvalue weighted by atomic mass is 9.93. The number of benzene rings is 1. The van der Waals surface area contributed by atoms with Crippen molar-refractivity contribution in [3.05, 3.63) is 33.8 Å². The van der Waals surface area contributed by atoms with Gasteiger partial charge in [-0.3, -0.25) is 5.32 Å². The minimum atomic E-state index is -0.526. The van der Waals surface area contributed by atoms with Gasteiger partial charge in [0.05, 0.1) is 12.2 Å². The third-order valence-corrected chi connectivity index (χ3v) is 4.64. The monoisotopic (exact) mass is 320 g/mol. The number of aryl methyl sites for hydroxylation is 1. The molecule has 2 unspecified atom stereocenters. The molecule has 1 N–H and O–H groups in total. The van der Waals surface area contributed by atoms with Gasteiger partial charge in [-0.05, 0) is 48.9 Å². The van der Waals surface area contributed by atoms with Gasteiger partial charge in [0.25, 0.3) is 0 Å². The van der Waals surface area contributed by atoms with Crippen LogP contribution in [0.2, 0.25) is 0 Å². The fraction of sp³-hybridized carbons (Fsp3) is 0.533. The number of fused-ring (bicyclic) bond motifs is 1.